The van der Waals surface area contributed by atoms with Gasteiger partial charge in [-0.1, -0.05) is 53.5 Å². The number of amides is 1. The van der Waals surface area contributed by atoms with Gasteiger partial charge >= 0.3 is 5.97 Å². The van der Waals surface area contributed by atoms with E-state index in [1.54, 1.807) is 36.4 Å². The Morgan fingerprint density at radius 3 is 2.64 bits per heavy atom. The normalized spacial score (nSPS) is 12.0. The van der Waals surface area contributed by atoms with E-state index in [1.165, 1.54) is 12.2 Å². The highest BCUT2D eigenvalue weighted by molar-refractivity contribution is 6.32. The van der Waals surface area contributed by atoms with Crippen molar-refractivity contribution in [3.63, 3.8) is 0 Å². The molecule has 0 aliphatic rings. The molecule has 0 saturated carbocycles. The van der Waals surface area contributed by atoms with Gasteiger partial charge in [-0.25, -0.2) is 4.79 Å². The summed E-state index contributed by atoms with van der Waals surface area (Å²) in [6.07, 6.45) is 2.77. The van der Waals surface area contributed by atoms with Gasteiger partial charge in [-0.05, 0) is 42.3 Å². The van der Waals surface area contributed by atoms with Gasteiger partial charge in [-0.3, -0.25) is 4.79 Å². The summed E-state index contributed by atoms with van der Waals surface area (Å²) < 4.78 is 4.92. The number of halogens is 2. The maximum Gasteiger partial charge on any atom is 0.331 e. The van der Waals surface area contributed by atoms with E-state index < -0.39 is 11.9 Å². The van der Waals surface area contributed by atoms with E-state index in [9.17, 15) is 9.59 Å². The number of carbonyl (C=O) groups is 2. The van der Waals surface area contributed by atoms with Crippen LogP contribution in [0.3, 0.4) is 0 Å². The first kappa shape index (κ1) is 19.0. The topological polar surface area (TPSA) is 55.4 Å². The molecule has 6 heteroatoms. The summed E-state index contributed by atoms with van der Waals surface area (Å²) in [7, 11) is 0. The average Bonchev–Trinajstić information content (AvgIpc) is 2.59. The van der Waals surface area contributed by atoms with Gasteiger partial charge in [0.25, 0.3) is 5.91 Å². The van der Waals surface area contributed by atoms with Gasteiger partial charge in [-0.15, -0.1) is 0 Å². The van der Waals surface area contributed by atoms with E-state index in [0.717, 1.165) is 5.56 Å². The van der Waals surface area contributed by atoms with Gasteiger partial charge in [0.05, 0.1) is 6.04 Å². The molecular weight excluding hydrogens is 361 g/mol. The Balaban J connectivity index is 1.81. The fraction of sp³-hybridized carbons (Fsp3) is 0.158. The first-order valence-electron chi connectivity index (χ1n) is 7.60. The summed E-state index contributed by atoms with van der Waals surface area (Å²) in [5, 5.41) is 3.86. The van der Waals surface area contributed by atoms with Crippen molar-refractivity contribution in [2.45, 2.75) is 13.0 Å². The smallest absolute Gasteiger partial charge is 0.331 e. The van der Waals surface area contributed by atoms with Crippen molar-refractivity contribution in [2.75, 3.05) is 6.61 Å². The fourth-order valence-electron chi connectivity index (χ4n) is 2.10. The largest absolute Gasteiger partial charge is 0.452 e. The van der Waals surface area contributed by atoms with Crippen LogP contribution in [0, 0.1) is 0 Å². The Labute approximate surface area is 156 Å². The lowest BCUT2D eigenvalue weighted by atomic mass is 10.1. The Morgan fingerprint density at radius 2 is 1.92 bits per heavy atom. The predicted octanol–water partition coefficient (Wildman–Crippen LogP) is 4.43. The highest BCUT2D eigenvalue weighted by Gasteiger charge is 2.11. The summed E-state index contributed by atoms with van der Waals surface area (Å²) in [5.74, 6) is -1.02. The van der Waals surface area contributed by atoms with E-state index in [1.807, 2.05) is 19.1 Å². The highest BCUT2D eigenvalue weighted by atomic mass is 35.5. The van der Waals surface area contributed by atoms with Crippen molar-refractivity contribution in [1.29, 1.82) is 0 Å². The zero-order chi connectivity index (χ0) is 18.2. The number of hydrogen-bond donors (Lipinski definition) is 1. The maximum absolute atomic E-state index is 11.9. The second-order valence-electron chi connectivity index (χ2n) is 5.31. The van der Waals surface area contributed by atoms with Gasteiger partial charge in [0.15, 0.2) is 6.61 Å². The van der Waals surface area contributed by atoms with E-state index in [0.29, 0.717) is 15.6 Å². The second-order valence-corrected chi connectivity index (χ2v) is 6.15. The summed E-state index contributed by atoms with van der Waals surface area (Å²) in [5.41, 5.74) is 1.56. The van der Waals surface area contributed by atoms with Crippen LogP contribution in [0.1, 0.15) is 24.1 Å². The van der Waals surface area contributed by atoms with Crippen LogP contribution < -0.4 is 5.32 Å². The number of ether oxygens (including phenoxy) is 1. The Hall–Kier alpha value is -2.30. The average molecular weight is 378 g/mol. The molecule has 130 valence electrons. The van der Waals surface area contributed by atoms with Crippen molar-refractivity contribution in [3.05, 3.63) is 75.8 Å². The zero-order valence-electron chi connectivity index (χ0n) is 13.5. The quantitative estimate of drug-likeness (QED) is 0.598. The van der Waals surface area contributed by atoms with Crippen LogP contribution in [0.5, 0.6) is 0 Å². The first-order chi connectivity index (χ1) is 12.0. The zero-order valence-corrected chi connectivity index (χ0v) is 15.1. The molecule has 2 aromatic carbocycles. The molecule has 0 bridgehead atoms. The summed E-state index contributed by atoms with van der Waals surface area (Å²) in [6.45, 7) is 1.46. The van der Waals surface area contributed by atoms with Crippen LogP contribution >= 0.6 is 23.2 Å². The number of carbonyl (C=O) groups excluding carboxylic acids is 2. The third-order valence-electron chi connectivity index (χ3n) is 3.38. The molecule has 25 heavy (non-hydrogen) atoms. The Bertz CT molecular complexity index is 790. The number of rotatable bonds is 6. The predicted molar refractivity (Wildman–Crippen MR) is 99.5 cm³/mol. The lowest BCUT2D eigenvalue weighted by Gasteiger charge is -2.14. The molecule has 0 spiro atoms. The third-order valence-corrected chi connectivity index (χ3v) is 3.96. The van der Waals surface area contributed by atoms with Crippen LogP contribution in [0.25, 0.3) is 6.08 Å². The molecule has 0 aromatic heterocycles. The minimum absolute atomic E-state index is 0.247. The Kier molecular flexibility index (Phi) is 7.04. The van der Waals surface area contributed by atoms with Crippen molar-refractivity contribution in [3.8, 4) is 0 Å². The third kappa shape index (κ3) is 6.25. The molecule has 1 atom stereocenters. The molecule has 0 radical (unpaired) electrons. The minimum Gasteiger partial charge on any atom is -0.452 e. The van der Waals surface area contributed by atoms with Crippen LogP contribution in [0.2, 0.25) is 10.0 Å². The number of benzene rings is 2. The van der Waals surface area contributed by atoms with Gasteiger partial charge in [0.1, 0.15) is 0 Å². The van der Waals surface area contributed by atoms with E-state index in [-0.39, 0.29) is 12.6 Å². The van der Waals surface area contributed by atoms with Crippen molar-refractivity contribution < 1.29 is 14.3 Å². The van der Waals surface area contributed by atoms with E-state index in [4.69, 9.17) is 27.9 Å². The van der Waals surface area contributed by atoms with Gasteiger partial charge < -0.3 is 10.1 Å². The SMILES string of the molecule is C[C@@H](NC(=O)COC(=O)/C=C/c1ccccc1Cl)c1cccc(Cl)c1. The minimum atomic E-state index is -0.620. The molecule has 0 aliphatic carbocycles. The molecule has 1 N–H and O–H groups in total. The van der Waals surface area contributed by atoms with Crippen molar-refractivity contribution >= 4 is 41.2 Å². The van der Waals surface area contributed by atoms with Crippen LogP contribution in [-0.2, 0) is 14.3 Å². The Morgan fingerprint density at radius 1 is 1.16 bits per heavy atom. The van der Waals surface area contributed by atoms with Gasteiger partial charge in [-0.2, -0.15) is 0 Å². The first-order valence-corrected chi connectivity index (χ1v) is 8.35. The molecule has 2 aromatic rings. The second kappa shape index (κ2) is 9.25. The summed E-state index contributed by atoms with van der Waals surface area (Å²) >= 11 is 11.9. The molecule has 0 unspecified atom stereocenters. The van der Waals surface area contributed by atoms with Crippen molar-refractivity contribution in [1.82, 2.24) is 5.32 Å². The van der Waals surface area contributed by atoms with Gasteiger partial charge in [0.2, 0.25) is 0 Å². The van der Waals surface area contributed by atoms with E-state index >= 15 is 0 Å². The van der Waals surface area contributed by atoms with E-state index in [2.05, 4.69) is 5.32 Å². The number of hydrogen-bond acceptors (Lipinski definition) is 3. The fourth-order valence-corrected chi connectivity index (χ4v) is 2.49. The van der Waals surface area contributed by atoms with Crippen LogP contribution in [0.15, 0.2) is 54.6 Å². The number of nitrogens with one attached hydrogen (secondary N) is 1. The monoisotopic (exact) mass is 377 g/mol. The lowest BCUT2D eigenvalue weighted by molar-refractivity contribution is -0.144. The summed E-state index contributed by atoms with van der Waals surface area (Å²) in [4.78, 5) is 23.6. The van der Waals surface area contributed by atoms with Gasteiger partial charge in [0, 0.05) is 16.1 Å². The van der Waals surface area contributed by atoms with Crippen LogP contribution in [-0.4, -0.2) is 18.5 Å². The lowest BCUT2D eigenvalue weighted by Crippen LogP contribution is -2.30. The molecule has 0 aliphatic heterocycles. The molecule has 0 fully saturated rings. The molecule has 0 saturated heterocycles. The molecule has 4 nitrogen and oxygen atoms in total. The highest BCUT2D eigenvalue weighted by Crippen LogP contribution is 2.17. The van der Waals surface area contributed by atoms with Crippen LogP contribution in [0.4, 0.5) is 0 Å². The maximum atomic E-state index is 11.9. The summed E-state index contributed by atoms with van der Waals surface area (Å²) in [6, 6.07) is 14.0. The van der Waals surface area contributed by atoms with Crippen molar-refractivity contribution in [2.24, 2.45) is 0 Å². The molecule has 2 rings (SSSR count). The number of esters is 1. The molecule has 0 heterocycles. The molecular formula is C19H17Cl2NO3. The standard InChI is InChI=1S/C19H17Cl2NO3/c1-13(15-6-4-7-16(20)11-15)22-18(23)12-25-19(24)10-9-14-5-2-3-8-17(14)21/h2-11,13H,12H2,1H3,(H,22,23)/b10-9+/t13-/m1/s1. The molecule has 1 amide bonds.